The summed E-state index contributed by atoms with van der Waals surface area (Å²) in [6.45, 7) is 3.46. The molecule has 0 amide bonds. The number of nitrogens with one attached hydrogen (secondary N) is 1. The third kappa shape index (κ3) is 3.65. The van der Waals surface area contributed by atoms with E-state index in [0.717, 1.165) is 25.1 Å². The highest BCUT2D eigenvalue weighted by Gasteiger charge is 2.20. The fourth-order valence-electron chi connectivity index (χ4n) is 2.17. The number of ether oxygens (including phenoxy) is 1. The zero-order valence-electron chi connectivity index (χ0n) is 12.9. The van der Waals surface area contributed by atoms with Gasteiger partial charge in [0, 0.05) is 24.6 Å². The van der Waals surface area contributed by atoms with Crippen LogP contribution in [0.2, 0.25) is 0 Å². The molecule has 1 aromatic carbocycles. The first-order chi connectivity index (χ1) is 11.3. The van der Waals surface area contributed by atoms with Gasteiger partial charge >= 0.3 is 0 Å². The summed E-state index contributed by atoms with van der Waals surface area (Å²) in [6.07, 6.45) is 1.01. The van der Waals surface area contributed by atoms with Gasteiger partial charge in [-0.1, -0.05) is 17.3 Å². The number of aromatic nitrogens is 2. The summed E-state index contributed by atoms with van der Waals surface area (Å²) in [7, 11) is 1.51. The molecule has 0 saturated carbocycles. The summed E-state index contributed by atoms with van der Waals surface area (Å²) in [6, 6.07) is 7.59. The Morgan fingerprint density at radius 2 is 2.22 bits per heavy atom. The molecule has 1 aliphatic rings. The van der Waals surface area contributed by atoms with Crippen LogP contribution in [0.25, 0.3) is 0 Å². The number of aryl methyl sites for hydroxylation is 1. The lowest BCUT2D eigenvalue weighted by atomic mass is 10.1. The van der Waals surface area contributed by atoms with Crippen LogP contribution in [0.3, 0.4) is 0 Å². The number of hydrogen-bond donors (Lipinski definition) is 1. The Kier molecular flexibility index (Phi) is 4.82. The second kappa shape index (κ2) is 7.19. The third-order valence-electron chi connectivity index (χ3n) is 3.15. The van der Waals surface area contributed by atoms with E-state index >= 15 is 0 Å². The predicted octanol–water partition coefficient (Wildman–Crippen LogP) is 2.38. The molecule has 0 spiro atoms. The highest BCUT2D eigenvalue weighted by molar-refractivity contribution is 7.07. The van der Waals surface area contributed by atoms with E-state index in [0.29, 0.717) is 28.3 Å². The molecule has 8 heteroatoms. The summed E-state index contributed by atoms with van der Waals surface area (Å²) >= 11 is 1.21. The average molecular weight is 331 g/mol. The van der Waals surface area contributed by atoms with E-state index in [2.05, 4.69) is 24.8 Å². The van der Waals surface area contributed by atoms with Crippen LogP contribution in [0.4, 0.5) is 0 Å². The minimum Gasteiger partial charge on any atom is -0.429 e. The monoisotopic (exact) mass is 331 g/mol. The van der Waals surface area contributed by atoms with Crippen molar-refractivity contribution >= 4 is 23.1 Å². The van der Waals surface area contributed by atoms with E-state index < -0.39 is 0 Å². The Morgan fingerprint density at radius 1 is 1.35 bits per heavy atom. The number of amidine groups is 1. The van der Waals surface area contributed by atoms with Gasteiger partial charge in [0.25, 0.3) is 5.19 Å². The maximum atomic E-state index is 5.87. The number of rotatable bonds is 5. The van der Waals surface area contributed by atoms with Gasteiger partial charge in [-0.25, -0.2) is 0 Å². The molecule has 0 aliphatic carbocycles. The Balaban J connectivity index is 1.96. The highest BCUT2D eigenvalue weighted by Crippen LogP contribution is 2.27. The molecule has 1 aliphatic heterocycles. The summed E-state index contributed by atoms with van der Waals surface area (Å²) < 4.78 is 10.0. The minimum absolute atomic E-state index is 0.491. The molecular weight excluding hydrogens is 314 g/mol. The molecule has 0 fully saturated rings. The van der Waals surface area contributed by atoms with Gasteiger partial charge in [0.1, 0.15) is 18.7 Å². The summed E-state index contributed by atoms with van der Waals surface area (Å²) in [5.74, 6) is 2.03. The second-order valence-corrected chi connectivity index (χ2v) is 5.55. The molecule has 1 aromatic heterocycles. The second-order valence-electron chi connectivity index (χ2n) is 4.84. The van der Waals surface area contributed by atoms with Crippen molar-refractivity contribution in [1.29, 1.82) is 0 Å². The molecular formula is C15H17N5O2S. The molecule has 23 heavy (non-hydrogen) atoms. The van der Waals surface area contributed by atoms with Crippen molar-refractivity contribution in [3.8, 4) is 10.9 Å². The van der Waals surface area contributed by atoms with Crippen LogP contribution in [0.1, 0.15) is 17.8 Å². The summed E-state index contributed by atoms with van der Waals surface area (Å²) in [5.41, 5.74) is 1.40. The molecule has 0 unspecified atom stereocenters. The van der Waals surface area contributed by atoms with E-state index in [9.17, 15) is 0 Å². The molecule has 2 heterocycles. The van der Waals surface area contributed by atoms with Crippen LogP contribution in [0.5, 0.6) is 10.9 Å². The van der Waals surface area contributed by atoms with E-state index in [1.165, 1.54) is 18.6 Å². The molecule has 0 atom stereocenters. The van der Waals surface area contributed by atoms with Crippen LogP contribution in [0, 0.1) is 6.92 Å². The van der Waals surface area contributed by atoms with Gasteiger partial charge in [-0.05, 0) is 25.5 Å². The molecule has 0 bridgehead atoms. The molecule has 0 saturated heterocycles. The summed E-state index contributed by atoms with van der Waals surface area (Å²) in [5, 5.41) is 7.88. The van der Waals surface area contributed by atoms with Crippen molar-refractivity contribution in [3.05, 3.63) is 35.7 Å². The molecule has 3 rings (SSSR count). The zero-order chi connectivity index (χ0) is 16.1. The van der Waals surface area contributed by atoms with Gasteiger partial charge in [-0.2, -0.15) is 9.36 Å². The molecule has 7 nitrogen and oxygen atoms in total. The van der Waals surface area contributed by atoms with Crippen molar-refractivity contribution in [2.75, 3.05) is 20.2 Å². The van der Waals surface area contributed by atoms with E-state index in [-0.39, 0.29) is 0 Å². The number of hydrogen-bond acceptors (Lipinski definition) is 8. The largest absolute Gasteiger partial charge is 0.429 e. The maximum absolute atomic E-state index is 5.87. The number of nitrogens with zero attached hydrogens (tertiary/aromatic N) is 4. The van der Waals surface area contributed by atoms with Crippen molar-refractivity contribution in [1.82, 2.24) is 14.7 Å². The van der Waals surface area contributed by atoms with Gasteiger partial charge in [0.05, 0.1) is 5.56 Å². The van der Waals surface area contributed by atoms with Crippen molar-refractivity contribution in [2.24, 2.45) is 10.1 Å². The molecule has 1 N–H and O–H groups in total. The number of oxime groups is 1. The Labute approximate surface area is 138 Å². The highest BCUT2D eigenvalue weighted by atomic mass is 32.1. The quantitative estimate of drug-likeness (QED) is 0.672. The van der Waals surface area contributed by atoms with Crippen LogP contribution >= 0.6 is 11.5 Å². The first-order valence-corrected chi connectivity index (χ1v) is 8.02. The van der Waals surface area contributed by atoms with Crippen LogP contribution in [-0.4, -0.2) is 41.1 Å². The smallest absolute Gasteiger partial charge is 0.298 e. The van der Waals surface area contributed by atoms with Crippen molar-refractivity contribution in [3.63, 3.8) is 0 Å². The SMILES string of the molecule is CO/N=C(/C1=NCCCN1)c1ccccc1Oc1nc(C)ns1. The number of benzene rings is 1. The normalized spacial score (nSPS) is 14.9. The van der Waals surface area contributed by atoms with Crippen molar-refractivity contribution < 1.29 is 9.57 Å². The molecule has 2 aromatic rings. The first-order valence-electron chi connectivity index (χ1n) is 7.25. The van der Waals surface area contributed by atoms with Crippen LogP contribution in [-0.2, 0) is 4.84 Å². The van der Waals surface area contributed by atoms with Gasteiger partial charge in [-0.15, -0.1) is 0 Å². The van der Waals surface area contributed by atoms with E-state index in [1.807, 2.05) is 31.2 Å². The average Bonchev–Trinajstić information content (AvgIpc) is 2.99. The maximum Gasteiger partial charge on any atom is 0.298 e. The van der Waals surface area contributed by atoms with Gasteiger partial charge in [0.2, 0.25) is 0 Å². The standard InChI is InChI=1S/C15H17N5O2S/c1-10-18-15(23-20-10)22-12-7-4-3-6-11(12)13(19-21-2)14-16-8-5-9-17-14/h3-4,6-7H,5,8-9H2,1-2H3,(H,16,17)/b19-13+. The van der Waals surface area contributed by atoms with Crippen LogP contribution < -0.4 is 10.1 Å². The van der Waals surface area contributed by atoms with Gasteiger partial charge in [0.15, 0.2) is 11.5 Å². The van der Waals surface area contributed by atoms with Crippen LogP contribution in [0.15, 0.2) is 34.4 Å². The molecule has 0 radical (unpaired) electrons. The lowest BCUT2D eigenvalue weighted by Crippen LogP contribution is -2.36. The molecule has 120 valence electrons. The lowest BCUT2D eigenvalue weighted by molar-refractivity contribution is 0.214. The fraction of sp³-hybridized carbons (Fsp3) is 0.333. The topological polar surface area (TPSA) is 81.0 Å². The lowest BCUT2D eigenvalue weighted by Gasteiger charge is -2.17. The van der Waals surface area contributed by atoms with E-state index in [1.54, 1.807) is 0 Å². The summed E-state index contributed by atoms with van der Waals surface area (Å²) in [4.78, 5) is 13.7. The number of para-hydroxylation sites is 1. The van der Waals surface area contributed by atoms with Gasteiger partial charge in [-0.3, -0.25) is 4.99 Å². The third-order valence-corrected chi connectivity index (χ3v) is 3.84. The number of aliphatic imine (C=N–C) groups is 1. The van der Waals surface area contributed by atoms with Crippen molar-refractivity contribution in [2.45, 2.75) is 13.3 Å². The zero-order valence-corrected chi connectivity index (χ0v) is 13.8. The predicted molar refractivity (Wildman–Crippen MR) is 89.6 cm³/mol. The Bertz CT molecular complexity index is 741. The Morgan fingerprint density at radius 3 is 2.91 bits per heavy atom. The van der Waals surface area contributed by atoms with Gasteiger partial charge < -0.3 is 14.9 Å². The Hall–Kier alpha value is -2.48. The first kappa shape index (κ1) is 15.4. The van der Waals surface area contributed by atoms with E-state index in [4.69, 9.17) is 9.57 Å². The minimum atomic E-state index is 0.491. The fourth-order valence-corrected chi connectivity index (χ4v) is 2.72.